The predicted molar refractivity (Wildman–Crippen MR) is 102 cm³/mol. The molecule has 1 saturated heterocycles. The Morgan fingerprint density at radius 3 is 2.58 bits per heavy atom. The van der Waals surface area contributed by atoms with Gasteiger partial charge < -0.3 is 14.7 Å². The van der Waals surface area contributed by atoms with Gasteiger partial charge in [-0.25, -0.2) is 0 Å². The number of hydrogen-bond donors (Lipinski definition) is 1. The number of likely N-dealkylation sites (tertiary alicyclic amines) is 1. The maximum absolute atomic E-state index is 8.81. The molecule has 1 fully saturated rings. The zero-order chi connectivity index (χ0) is 17.4. The Morgan fingerprint density at radius 1 is 1.25 bits per heavy atom. The Bertz CT molecular complexity index is 663. The van der Waals surface area contributed by atoms with Crippen molar-refractivity contribution in [2.45, 2.75) is 40.0 Å². The summed E-state index contributed by atoms with van der Waals surface area (Å²) in [6, 6.07) is 8.61. The molecule has 1 N–H and O–H groups in total. The molecule has 1 aromatic heterocycles. The zero-order valence-electron chi connectivity index (χ0n) is 15.2. The minimum absolute atomic E-state index is 0.750. The number of aromatic amines is 1. The molecule has 0 radical (unpaired) electrons. The third kappa shape index (κ3) is 4.81. The lowest BCUT2D eigenvalue weighted by Gasteiger charge is -2.32. The van der Waals surface area contributed by atoms with Gasteiger partial charge in [0.1, 0.15) is 6.29 Å². The molecule has 1 aliphatic rings. The Balaban J connectivity index is 0.000000647. The van der Waals surface area contributed by atoms with E-state index < -0.39 is 0 Å². The molecular weight excluding hydrogens is 296 g/mol. The molecule has 0 spiro atoms. The van der Waals surface area contributed by atoms with Gasteiger partial charge in [-0.05, 0) is 70.7 Å². The summed E-state index contributed by atoms with van der Waals surface area (Å²) in [6.45, 7) is 9.57. The molecule has 0 amide bonds. The van der Waals surface area contributed by atoms with Crippen molar-refractivity contribution in [2.24, 2.45) is 5.92 Å². The average Bonchev–Trinajstić information content (AvgIpc) is 3.04. The minimum Gasteiger partial charge on any atom is -0.361 e. The standard InChI is InChI=1S/C19H26N2.C2H4O/c1-3-15(2)16-8-11-21(12-9-16)13-10-17-14-20-19-7-5-4-6-18(17)19;1-2-3/h3-7,14,16,20H,8-13H2,1-2H3;2H,1H3/b15-3-;. The molecule has 1 aliphatic heterocycles. The van der Waals surface area contributed by atoms with Crippen molar-refractivity contribution in [3.8, 4) is 0 Å². The summed E-state index contributed by atoms with van der Waals surface area (Å²) in [5.74, 6) is 0.819. The number of hydrogen-bond acceptors (Lipinski definition) is 2. The van der Waals surface area contributed by atoms with Crippen LogP contribution < -0.4 is 0 Å². The van der Waals surface area contributed by atoms with Crippen molar-refractivity contribution >= 4 is 17.2 Å². The lowest BCUT2D eigenvalue weighted by molar-refractivity contribution is -0.106. The van der Waals surface area contributed by atoms with Crippen LogP contribution in [-0.2, 0) is 11.2 Å². The quantitative estimate of drug-likeness (QED) is 0.659. The molecule has 1 aromatic carbocycles. The van der Waals surface area contributed by atoms with Crippen molar-refractivity contribution in [1.82, 2.24) is 9.88 Å². The second-order valence-electron chi connectivity index (χ2n) is 6.49. The summed E-state index contributed by atoms with van der Waals surface area (Å²) in [4.78, 5) is 14.8. The molecule has 0 bridgehead atoms. The maximum atomic E-state index is 8.81. The Hall–Kier alpha value is -1.87. The fourth-order valence-corrected chi connectivity index (χ4v) is 3.46. The topological polar surface area (TPSA) is 36.1 Å². The molecule has 0 unspecified atom stereocenters. The Labute approximate surface area is 145 Å². The van der Waals surface area contributed by atoms with Crippen molar-refractivity contribution in [3.63, 3.8) is 0 Å². The third-order valence-corrected chi connectivity index (χ3v) is 5.06. The fourth-order valence-electron chi connectivity index (χ4n) is 3.46. The summed E-state index contributed by atoms with van der Waals surface area (Å²) in [5, 5.41) is 1.39. The van der Waals surface area contributed by atoms with E-state index in [9.17, 15) is 0 Å². The number of rotatable bonds is 4. The van der Waals surface area contributed by atoms with Crippen LogP contribution in [0.15, 0.2) is 42.1 Å². The predicted octanol–water partition coefficient (Wildman–Crippen LogP) is 4.59. The number of aldehydes is 1. The number of benzene rings is 1. The largest absolute Gasteiger partial charge is 0.361 e. The highest BCUT2D eigenvalue weighted by Crippen LogP contribution is 2.25. The van der Waals surface area contributed by atoms with E-state index in [1.54, 1.807) is 5.57 Å². The molecule has 0 saturated carbocycles. The van der Waals surface area contributed by atoms with E-state index in [0.29, 0.717) is 0 Å². The lowest BCUT2D eigenvalue weighted by Crippen LogP contribution is -2.35. The molecule has 24 heavy (non-hydrogen) atoms. The first-order chi connectivity index (χ1) is 11.7. The first-order valence-electron chi connectivity index (χ1n) is 8.99. The SMILES string of the molecule is C/C=C(/C)C1CCN(CCc2c[nH]c3ccccc23)CC1.CC=O. The van der Waals surface area contributed by atoms with Crippen LogP contribution in [0, 0.1) is 5.92 Å². The number of carbonyl (C=O) groups is 1. The highest BCUT2D eigenvalue weighted by atomic mass is 16.1. The molecule has 2 aromatic rings. The lowest BCUT2D eigenvalue weighted by atomic mass is 9.90. The Morgan fingerprint density at radius 2 is 1.92 bits per heavy atom. The van der Waals surface area contributed by atoms with E-state index in [1.807, 2.05) is 0 Å². The van der Waals surface area contributed by atoms with Gasteiger partial charge in [-0.15, -0.1) is 0 Å². The van der Waals surface area contributed by atoms with Gasteiger partial charge >= 0.3 is 0 Å². The van der Waals surface area contributed by atoms with Gasteiger partial charge in [0.2, 0.25) is 0 Å². The van der Waals surface area contributed by atoms with Gasteiger partial charge in [-0.2, -0.15) is 0 Å². The number of para-hydroxylation sites is 1. The van der Waals surface area contributed by atoms with Gasteiger partial charge in [0.05, 0.1) is 0 Å². The zero-order valence-corrected chi connectivity index (χ0v) is 15.2. The van der Waals surface area contributed by atoms with E-state index in [1.165, 1.54) is 55.9 Å². The van der Waals surface area contributed by atoms with E-state index in [2.05, 4.69) is 60.3 Å². The molecule has 0 atom stereocenters. The van der Waals surface area contributed by atoms with E-state index in [0.717, 1.165) is 18.6 Å². The smallest absolute Gasteiger partial charge is 0.116 e. The Kier molecular flexibility index (Phi) is 7.26. The number of aromatic nitrogens is 1. The van der Waals surface area contributed by atoms with Crippen LogP contribution >= 0.6 is 0 Å². The highest BCUT2D eigenvalue weighted by molar-refractivity contribution is 5.83. The van der Waals surface area contributed by atoms with Crippen molar-refractivity contribution in [3.05, 3.63) is 47.7 Å². The first-order valence-corrected chi connectivity index (χ1v) is 8.99. The summed E-state index contributed by atoms with van der Waals surface area (Å²) in [7, 11) is 0. The van der Waals surface area contributed by atoms with E-state index in [4.69, 9.17) is 4.79 Å². The minimum atomic E-state index is 0.750. The van der Waals surface area contributed by atoms with E-state index in [-0.39, 0.29) is 0 Å². The average molecular weight is 326 g/mol. The number of nitrogens with one attached hydrogen (secondary N) is 1. The normalized spacial score (nSPS) is 16.7. The van der Waals surface area contributed by atoms with Crippen molar-refractivity contribution in [1.29, 1.82) is 0 Å². The van der Waals surface area contributed by atoms with Gasteiger partial charge in [0, 0.05) is 23.6 Å². The molecule has 3 heteroatoms. The van der Waals surface area contributed by atoms with Crippen LogP contribution in [0.1, 0.15) is 39.2 Å². The number of H-pyrrole nitrogens is 1. The third-order valence-electron chi connectivity index (χ3n) is 5.06. The van der Waals surface area contributed by atoms with Gasteiger partial charge in [-0.3, -0.25) is 0 Å². The number of fused-ring (bicyclic) bond motifs is 1. The summed E-state index contributed by atoms with van der Waals surface area (Å²) in [6.07, 6.45) is 9.01. The van der Waals surface area contributed by atoms with Gasteiger partial charge in [0.25, 0.3) is 0 Å². The van der Waals surface area contributed by atoms with Crippen LogP contribution in [0.3, 0.4) is 0 Å². The molecule has 3 rings (SSSR count). The van der Waals surface area contributed by atoms with Crippen LogP contribution in [0.2, 0.25) is 0 Å². The van der Waals surface area contributed by atoms with Crippen molar-refractivity contribution < 1.29 is 4.79 Å². The van der Waals surface area contributed by atoms with Gasteiger partial charge in [-0.1, -0.05) is 29.8 Å². The molecule has 0 aliphatic carbocycles. The van der Waals surface area contributed by atoms with Crippen LogP contribution in [0.5, 0.6) is 0 Å². The second kappa shape index (κ2) is 9.43. The highest BCUT2D eigenvalue weighted by Gasteiger charge is 2.19. The fraction of sp³-hybridized carbons (Fsp3) is 0.476. The monoisotopic (exact) mass is 326 g/mol. The molecule has 130 valence electrons. The second-order valence-corrected chi connectivity index (χ2v) is 6.49. The summed E-state index contributed by atoms with van der Waals surface area (Å²) in [5.41, 5.74) is 4.29. The number of piperidine rings is 1. The number of nitrogens with zero attached hydrogens (tertiary/aromatic N) is 1. The van der Waals surface area contributed by atoms with Crippen LogP contribution in [-0.4, -0.2) is 35.8 Å². The molecule has 2 heterocycles. The van der Waals surface area contributed by atoms with E-state index >= 15 is 0 Å². The first kappa shape index (κ1) is 18.5. The number of allylic oxidation sites excluding steroid dienone is 2. The van der Waals surface area contributed by atoms with Crippen molar-refractivity contribution in [2.75, 3.05) is 19.6 Å². The maximum Gasteiger partial charge on any atom is 0.116 e. The van der Waals surface area contributed by atoms with Crippen LogP contribution in [0.4, 0.5) is 0 Å². The molecule has 3 nitrogen and oxygen atoms in total. The van der Waals surface area contributed by atoms with Crippen LogP contribution in [0.25, 0.3) is 10.9 Å². The van der Waals surface area contributed by atoms with Gasteiger partial charge in [0.15, 0.2) is 0 Å². The molecular formula is C21H30N2O. The summed E-state index contributed by atoms with van der Waals surface area (Å²) >= 11 is 0. The summed E-state index contributed by atoms with van der Waals surface area (Å²) < 4.78 is 0. The number of carbonyl (C=O) groups excluding carboxylic acids is 1.